The van der Waals surface area contributed by atoms with Gasteiger partial charge < -0.3 is 19.8 Å². The van der Waals surface area contributed by atoms with Crippen molar-refractivity contribution in [3.05, 3.63) is 72.9 Å². The average Bonchev–Trinajstić information content (AvgIpc) is 3.56. The van der Waals surface area contributed by atoms with Crippen LogP contribution in [0.3, 0.4) is 0 Å². The number of aliphatic hydroxyl groups is 1. The quantitative estimate of drug-likeness (QED) is 0.0243. The third-order valence-corrected chi connectivity index (χ3v) is 17.5. The number of hydrogen-bond donors (Lipinski definition) is 3. The predicted octanol–water partition coefficient (Wildman–Crippen LogP) is 23.3. The van der Waals surface area contributed by atoms with Gasteiger partial charge in [-0.15, -0.1) is 0 Å². The number of hydrogen-bond acceptors (Lipinski definition) is 5. The summed E-state index contributed by atoms with van der Waals surface area (Å²) < 4.78 is 23.9. The molecular weight excluding hydrogens is 1060 g/mol. The van der Waals surface area contributed by atoms with Crippen LogP contribution in [0.25, 0.3) is 0 Å². The Morgan fingerprint density at radius 2 is 0.714 bits per heavy atom. The molecule has 0 saturated carbocycles. The van der Waals surface area contributed by atoms with Crippen LogP contribution in [0.2, 0.25) is 0 Å². The molecule has 0 heterocycles. The first-order valence-electron chi connectivity index (χ1n) is 36.3. The number of amides is 1. The van der Waals surface area contributed by atoms with Crippen molar-refractivity contribution >= 4 is 13.7 Å². The van der Waals surface area contributed by atoms with Gasteiger partial charge in [-0.25, -0.2) is 4.57 Å². The van der Waals surface area contributed by atoms with Gasteiger partial charge in [0.2, 0.25) is 5.91 Å². The zero-order valence-corrected chi connectivity index (χ0v) is 57.3. The Morgan fingerprint density at radius 3 is 1.05 bits per heavy atom. The molecule has 3 atom stereocenters. The van der Waals surface area contributed by atoms with Crippen molar-refractivity contribution < 1.29 is 32.9 Å². The van der Waals surface area contributed by atoms with E-state index in [1.807, 2.05) is 21.1 Å². The molecule has 0 aromatic heterocycles. The molecule has 0 aliphatic heterocycles. The van der Waals surface area contributed by atoms with Crippen LogP contribution < -0.4 is 5.32 Å². The van der Waals surface area contributed by atoms with Crippen molar-refractivity contribution in [3.8, 4) is 0 Å². The van der Waals surface area contributed by atoms with Gasteiger partial charge in [0, 0.05) is 6.42 Å². The summed E-state index contributed by atoms with van der Waals surface area (Å²) in [5.41, 5.74) is 0. The minimum Gasteiger partial charge on any atom is -0.391 e. The summed E-state index contributed by atoms with van der Waals surface area (Å²) in [7, 11) is 1.63. The Labute approximate surface area is 523 Å². The number of quaternary nitrogens is 1. The molecule has 0 aromatic rings. The molecule has 0 fully saturated rings. The minimum absolute atomic E-state index is 0.0754. The van der Waals surface area contributed by atoms with Crippen LogP contribution in [-0.4, -0.2) is 73.4 Å². The number of nitrogens with one attached hydrogen (secondary N) is 1. The summed E-state index contributed by atoms with van der Waals surface area (Å²) in [5.74, 6) is -0.139. The first kappa shape index (κ1) is 81.9. The van der Waals surface area contributed by atoms with Crippen LogP contribution in [0.15, 0.2) is 72.9 Å². The molecule has 0 radical (unpaired) electrons. The van der Waals surface area contributed by atoms with Crippen LogP contribution in [0.4, 0.5) is 0 Å². The summed E-state index contributed by atoms with van der Waals surface area (Å²) in [6.45, 7) is 4.82. The molecular formula is C75H142N2O6P+. The lowest BCUT2D eigenvalue weighted by Crippen LogP contribution is -2.46. The maximum atomic E-state index is 13.1. The fourth-order valence-corrected chi connectivity index (χ4v) is 11.6. The molecule has 8 nitrogen and oxygen atoms in total. The Balaban J connectivity index is 3.96. The first-order valence-corrected chi connectivity index (χ1v) is 37.8. The normalized spacial score (nSPS) is 14.0. The summed E-state index contributed by atoms with van der Waals surface area (Å²) in [6, 6.07) is -0.763. The highest BCUT2D eigenvalue weighted by Crippen LogP contribution is 2.43. The average molecular weight is 1200 g/mol. The Bertz CT molecular complexity index is 1600. The molecule has 1 amide bonds. The second-order valence-corrected chi connectivity index (χ2v) is 27.4. The second-order valence-electron chi connectivity index (χ2n) is 25.9. The third-order valence-electron chi connectivity index (χ3n) is 16.5. The maximum absolute atomic E-state index is 13.1. The molecule has 3 unspecified atom stereocenters. The van der Waals surface area contributed by atoms with Gasteiger partial charge in [0.25, 0.3) is 0 Å². The van der Waals surface area contributed by atoms with Crippen LogP contribution in [0, 0.1) is 0 Å². The SMILES string of the molecule is CC/C=C\C/C=C\C/C=C\C/C=C\C/C=C\C/C=C\CCCCCCCCCCCCCCCCCCCCCCC(=O)NC(COP(=O)(O)OCC[N+](C)(C)C)C(O)CCCCCCCCCCCCCCCCCCCCCCCCC. The maximum Gasteiger partial charge on any atom is 0.472 e. The van der Waals surface area contributed by atoms with Gasteiger partial charge in [-0.3, -0.25) is 13.8 Å². The van der Waals surface area contributed by atoms with E-state index in [1.54, 1.807) is 0 Å². The summed E-state index contributed by atoms with van der Waals surface area (Å²) in [6.07, 6.45) is 91.5. The fraction of sp³-hybridized carbons (Fsp3) is 0.827. The smallest absolute Gasteiger partial charge is 0.391 e. The molecule has 0 rings (SSSR count). The molecule has 492 valence electrons. The lowest BCUT2D eigenvalue weighted by atomic mass is 10.0. The number of aliphatic hydroxyl groups excluding tert-OH is 1. The number of phosphoric ester groups is 1. The molecule has 9 heteroatoms. The van der Waals surface area contributed by atoms with Crippen LogP contribution >= 0.6 is 7.82 Å². The zero-order valence-electron chi connectivity index (χ0n) is 56.4. The van der Waals surface area contributed by atoms with Crippen molar-refractivity contribution in [2.24, 2.45) is 0 Å². The van der Waals surface area contributed by atoms with Crippen LogP contribution in [-0.2, 0) is 18.4 Å². The van der Waals surface area contributed by atoms with E-state index < -0.39 is 20.0 Å². The predicted molar refractivity (Wildman–Crippen MR) is 369 cm³/mol. The van der Waals surface area contributed by atoms with E-state index in [1.165, 1.54) is 244 Å². The number of allylic oxidation sites excluding steroid dienone is 12. The van der Waals surface area contributed by atoms with E-state index in [4.69, 9.17) is 9.05 Å². The van der Waals surface area contributed by atoms with E-state index in [0.717, 1.165) is 77.0 Å². The van der Waals surface area contributed by atoms with Gasteiger partial charge in [0.15, 0.2) is 0 Å². The number of carbonyl (C=O) groups is 1. The summed E-state index contributed by atoms with van der Waals surface area (Å²) >= 11 is 0. The van der Waals surface area contributed by atoms with Crippen molar-refractivity contribution in [3.63, 3.8) is 0 Å². The fourth-order valence-electron chi connectivity index (χ4n) is 10.9. The second kappa shape index (κ2) is 65.4. The van der Waals surface area contributed by atoms with Gasteiger partial charge in [0.1, 0.15) is 13.2 Å². The van der Waals surface area contributed by atoms with Crippen LogP contribution in [0.1, 0.15) is 348 Å². The molecule has 84 heavy (non-hydrogen) atoms. The Morgan fingerprint density at radius 1 is 0.417 bits per heavy atom. The molecule has 0 bridgehead atoms. The van der Waals surface area contributed by atoms with Gasteiger partial charge in [-0.2, -0.15) is 0 Å². The third kappa shape index (κ3) is 67.4. The van der Waals surface area contributed by atoms with Gasteiger partial charge in [-0.05, 0) is 64.2 Å². The topological polar surface area (TPSA) is 105 Å². The lowest BCUT2D eigenvalue weighted by molar-refractivity contribution is -0.870. The number of unbranched alkanes of at least 4 members (excludes halogenated alkanes) is 42. The lowest BCUT2D eigenvalue weighted by Gasteiger charge is -2.26. The number of phosphoric acid groups is 1. The standard InChI is InChI=1S/C75H141N2O6P/c1-6-8-10-12-14-16-18-20-22-24-26-28-30-31-32-33-34-35-36-37-38-39-40-41-42-43-44-45-47-49-51-53-55-57-59-61-63-65-67-69-75(79)76-73(72-83-84(80,81)82-71-70-77(3,4)5)74(78)68-66-64-62-60-58-56-54-52-50-48-46-29-27-25-23-21-19-17-15-13-11-9-7-2/h8,10,14,16,20,22,26,28,31-32,34-35,73-74,78H,6-7,9,11-13,15,17-19,21,23-25,27,29-30,33,36-72H2,1-5H3,(H-,76,79,80,81)/p+1/b10-8-,16-14-,22-20-,28-26-,32-31-,35-34-. The van der Waals surface area contributed by atoms with E-state index in [-0.39, 0.29) is 19.1 Å². The van der Waals surface area contributed by atoms with E-state index >= 15 is 0 Å². The van der Waals surface area contributed by atoms with Gasteiger partial charge in [0.05, 0.1) is 39.9 Å². The Kier molecular flexibility index (Phi) is 63.8. The van der Waals surface area contributed by atoms with E-state index in [9.17, 15) is 19.4 Å². The largest absolute Gasteiger partial charge is 0.472 e. The highest BCUT2D eigenvalue weighted by molar-refractivity contribution is 7.47. The monoisotopic (exact) mass is 1200 g/mol. The molecule has 0 aliphatic carbocycles. The number of likely N-dealkylation sites (N-methyl/N-ethyl adjacent to an activating group) is 1. The number of nitrogens with zero attached hydrogens (tertiary/aromatic N) is 1. The van der Waals surface area contributed by atoms with E-state index in [0.29, 0.717) is 23.9 Å². The first-order chi connectivity index (χ1) is 41.0. The summed E-state index contributed by atoms with van der Waals surface area (Å²) in [4.78, 5) is 23.5. The van der Waals surface area contributed by atoms with Crippen molar-refractivity contribution in [2.75, 3.05) is 40.9 Å². The Hall–Kier alpha value is -2.06. The molecule has 0 spiro atoms. The van der Waals surface area contributed by atoms with E-state index in [2.05, 4.69) is 92.1 Å². The van der Waals surface area contributed by atoms with Crippen molar-refractivity contribution in [1.29, 1.82) is 0 Å². The molecule has 0 saturated heterocycles. The number of rotatable bonds is 67. The zero-order chi connectivity index (χ0) is 61.2. The summed E-state index contributed by atoms with van der Waals surface area (Å²) in [5, 5.41) is 14.2. The minimum atomic E-state index is -4.33. The molecule has 3 N–H and O–H groups in total. The van der Waals surface area contributed by atoms with Crippen LogP contribution in [0.5, 0.6) is 0 Å². The molecule has 0 aromatic carbocycles. The van der Waals surface area contributed by atoms with Gasteiger partial charge in [-0.1, -0.05) is 350 Å². The number of carbonyl (C=O) groups excluding carboxylic acids is 1. The molecule has 0 aliphatic rings. The van der Waals surface area contributed by atoms with Crippen molar-refractivity contribution in [2.45, 2.75) is 360 Å². The highest BCUT2D eigenvalue weighted by atomic mass is 31.2. The highest BCUT2D eigenvalue weighted by Gasteiger charge is 2.28. The van der Waals surface area contributed by atoms with Gasteiger partial charge >= 0.3 is 7.82 Å². The van der Waals surface area contributed by atoms with Crippen molar-refractivity contribution in [1.82, 2.24) is 5.32 Å².